The highest BCUT2D eigenvalue weighted by molar-refractivity contribution is 9.10. The van der Waals surface area contributed by atoms with Crippen molar-refractivity contribution < 1.29 is 27.9 Å². The number of carboxylic acids is 1. The first-order valence-corrected chi connectivity index (χ1v) is 14.2. The van der Waals surface area contributed by atoms with Gasteiger partial charge in [-0.25, -0.2) is 18.4 Å². The number of nitrogens with one attached hydrogen (secondary N) is 1. The minimum Gasteiger partial charge on any atom is -0.478 e. The Hall–Kier alpha value is -4.51. The Kier molecular flexibility index (Phi) is 7.40. The fraction of sp³-hybridized carbons (Fsp3) is 0. The topological polar surface area (TPSA) is 136 Å². The molecule has 0 saturated carbocycles. The lowest BCUT2D eigenvalue weighted by atomic mass is 10.0. The van der Waals surface area contributed by atoms with E-state index in [2.05, 4.69) is 21.2 Å². The van der Waals surface area contributed by atoms with Gasteiger partial charge in [0.1, 0.15) is 11.3 Å². The molecule has 0 unspecified atom stereocenters. The molecule has 0 aliphatic heterocycles. The summed E-state index contributed by atoms with van der Waals surface area (Å²) < 4.78 is 30.9. The summed E-state index contributed by atoms with van der Waals surface area (Å²) in [6.45, 7) is 0. The van der Waals surface area contributed by atoms with Crippen molar-refractivity contribution in [3.63, 3.8) is 0 Å². The Labute approximate surface area is 238 Å². The van der Waals surface area contributed by atoms with E-state index in [1.54, 1.807) is 84.9 Å². The molecule has 5 rings (SSSR count). The third kappa shape index (κ3) is 5.59. The molecule has 0 heterocycles. The number of primary sulfonamides is 1. The Morgan fingerprint density at radius 1 is 0.850 bits per heavy atom. The zero-order valence-corrected chi connectivity index (χ0v) is 23.1. The molecule has 0 atom stereocenters. The molecule has 40 heavy (non-hydrogen) atoms. The number of sulfonamides is 1. The van der Waals surface area contributed by atoms with Gasteiger partial charge in [0.05, 0.1) is 10.6 Å². The molecule has 0 spiro atoms. The molecule has 0 aromatic heterocycles. The zero-order valence-electron chi connectivity index (χ0n) is 20.7. The lowest BCUT2D eigenvalue weighted by Crippen LogP contribution is -2.14. The van der Waals surface area contributed by atoms with Crippen LogP contribution in [0, 0.1) is 0 Å². The van der Waals surface area contributed by atoms with E-state index in [9.17, 15) is 23.1 Å². The average Bonchev–Trinajstić information content (AvgIpc) is 2.93. The van der Waals surface area contributed by atoms with E-state index in [1.807, 2.05) is 6.07 Å². The molecule has 0 saturated heterocycles. The number of halogens is 1. The van der Waals surface area contributed by atoms with Gasteiger partial charge in [-0.15, -0.1) is 0 Å². The van der Waals surface area contributed by atoms with E-state index in [0.29, 0.717) is 27.8 Å². The number of anilines is 1. The molecule has 10 heteroatoms. The molecule has 0 bridgehead atoms. The van der Waals surface area contributed by atoms with Crippen LogP contribution in [0.3, 0.4) is 0 Å². The maximum atomic E-state index is 13.1. The van der Waals surface area contributed by atoms with E-state index in [1.165, 1.54) is 12.1 Å². The summed E-state index contributed by atoms with van der Waals surface area (Å²) in [5.74, 6) is -1.18. The van der Waals surface area contributed by atoms with Crippen molar-refractivity contribution in [3.8, 4) is 22.6 Å². The van der Waals surface area contributed by atoms with Crippen molar-refractivity contribution in [3.05, 3.63) is 119 Å². The first-order valence-electron chi connectivity index (χ1n) is 11.9. The molecule has 0 fully saturated rings. The van der Waals surface area contributed by atoms with E-state index in [0.717, 1.165) is 9.86 Å². The van der Waals surface area contributed by atoms with Gasteiger partial charge < -0.3 is 15.2 Å². The molecule has 8 nitrogen and oxygen atoms in total. The molecular formula is C30H21BrN2O6S. The Morgan fingerprint density at radius 2 is 1.55 bits per heavy atom. The van der Waals surface area contributed by atoms with Gasteiger partial charge in [-0.05, 0) is 65.5 Å². The van der Waals surface area contributed by atoms with Crippen LogP contribution < -0.4 is 15.2 Å². The van der Waals surface area contributed by atoms with Crippen molar-refractivity contribution in [1.29, 1.82) is 0 Å². The number of carbonyl (C=O) groups excluding carboxylic acids is 1. The van der Waals surface area contributed by atoms with Crippen LogP contribution in [0.2, 0.25) is 0 Å². The summed E-state index contributed by atoms with van der Waals surface area (Å²) in [4.78, 5) is 25.1. The van der Waals surface area contributed by atoms with E-state index in [-0.39, 0.29) is 22.0 Å². The molecule has 5 aromatic rings. The quantitative estimate of drug-likeness (QED) is 0.187. The second kappa shape index (κ2) is 10.9. The van der Waals surface area contributed by atoms with Gasteiger partial charge in [-0.2, -0.15) is 0 Å². The van der Waals surface area contributed by atoms with Crippen LogP contribution in [-0.4, -0.2) is 25.4 Å². The number of fused-ring (bicyclic) bond motifs is 1. The summed E-state index contributed by atoms with van der Waals surface area (Å²) in [5.41, 5.74) is 1.63. The number of nitrogens with two attached hydrogens (primary N) is 1. The van der Waals surface area contributed by atoms with Crippen LogP contribution in [0.4, 0.5) is 5.69 Å². The SMILES string of the molecule is NS(=O)(=O)c1ccccc1-c1ccc(C(=O)Nc2ccccc2Oc2c(C(=O)O)ccc3cc(Br)ccc23)cc1. The molecule has 0 aliphatic rings. The maximum Gasteiger partial charge on any atom is 0.339 e. The number of ether oxygens (including phenoxy) is 1. The van der Waals surface area contributed by atoms with Crippen LogP contribution >= 0.6 is 15.9 Å². The highest BCUT2D eigenvalue weighted by Crippen LogP contribution is 2.38. The molecule has 200 valence electrons. The average molecular weight is 617 g/mol. The van der Waals surface area contributed by atoms with Crippen molar-refractivity contribution in [1.82, 2.24) is 0 Å². The van der Waals surface area contributed by atoms with Gasteiger partial charge >= 0.3 is 5.97 Å². The normalized spacial score (nSPS) is 11.2. The minimum atomic E-state index is -3.94. The van der Waals surface area contributed by atoms with Gasteiger partial charge in [0.15, 0.2) is 5.75 Å². The van der Waals surface area contributed by atoms with Crippen molar-refractivity contribution in [2.75, 3.05) is 5.32 Å². The van der Waals surface area contributed by atoms with Crippen LogP contribution in [-0.2, 0) is 10.0 Å². The predicted molar refractivity (Wildman–Crippen MR) is 156 cm³/mol. The minimum absolute atomic E-state index is 0.0141. The smallest absolute Gasteiger partial charge is 0.339 e. The zero-order chi connectivity index (χ0) is 28.4. The number of rotatable bonds is 7. The van der Waals surface area contributed by atoms with Crippen molar-refractivity contribution in [2.24, 2.45) is 5.14 Å². The summed E-state index contributed by atoms with van der Waals surface area (Å²) in [5, 5.41) is 19.3. The molecule has 5 aromatic carbocycles. The number of carbonyl (C=O) groups is 2. The van der Waals surface area contributed by atoms with Crippen LogP contribution in [0.5, 0.6) is 11.5 Å². The van der Waals surface area contributed by atoms with Crippen molar-refractivity contribution >= 4 is 54.3 Å². The molecular weight excluding hydrogens is 596 g/mol. The summed E-state index contributed by atoms with van der Waals surface area (Å²) in [6, 6.07) is 28.0. The molecule has 0 aliphatic carbocycles. The number of benzene rings is 5. The number of aromatic carboxylic acids is 1. The third-order valence-corrected chi connectivity index (χ3v) is 7.62. The van der Waals surface area contributed by atoms with Crippen molar-refractivity contribution in [2.45, 2.75) is 4.90 Å². The number of hydrogen-bond donors (Lipinski definition) is 3. The summed E-state index contributed by atoms with van der Waals surface area (Å²) in [7, 11) is -3.94. The summed E-state index contributed by atoms with van der Waals surface area (Å²) >= 11 is 3.42. The number of hydrogen-bond acceptors (Lipinski definition) is 5. The Morgan fingerprint density at radius 3 is 2.27 bits per heavy atom. The second-order valence-electron chi connectivity index (χ2n) is 8.78. The lowest BCUT2D eigenvalue weighted by Gasteiger charge is -2.16. The van der Waals surface area contributed by atoms with Crippen LogP contribution in [0.15, 0.2) is 112 Å². The standard InChI is InChI=1S/C30H21BrN2O6S/c31-21-14-16-23-20(17-21)13-15-24(30(35)36)28(23)39-26-7-3-2-6-25(26)33-29(34)19-11-9-18(10-12-19)22-5-1-4-8-27(22)40(32,37)38/h1-17H,(H,33,34)(H,35,36)(H2,32,37,38). The van der Waals surface area contributed by atoms with E-state index >= 15 is 0 Å². The molecule has 4 N–H and O–H groups in total. The fourth-order valence-corrected chi connectivity index (χ4v) is 5.41. The van der Waals surface area contributed by atoms with Gasteiger partial charge in [0.25, 0.3) is 5.91 Å². The largest absolute Gasteiger partial charge is 0.478 e. The molecule has 1 amide bonds. The third-order valence-electron chi connectivity index (χ3n) is 6.16. The van der Waals surface area contributed by atoms with Gasteiger partial charge in [0.2, 0.25) is 10.0 Å². The number of carboxylic acid groups (broad SMARTS) is 1. The second-order valence-corrected chi connectivity index (χ2v) is 11.2. The van der Waals surface area contributed by atoms with E-state index < -0.39 is 21.9 Å². The lowest BCUT2D eigenvalue weighted by molar-refractivity contribution is 0.0694. The fourth-order valence-electron chi connectivity index (χ4n) is 4.27. The highest BCUT2D eigenvalue weighted by atomic mass is 79.9. The highest BCUT2D eigenvalue weighted by Gasteiger charge is 2.19. The first kappa shape index (κ1) is 27.1. The van der Waals surface area contributed by atoms with Crippen LogP contribution in [0.1, 0.15) is 20.7 Å². The first-order chi connectivity index (χ1) is 19.1. The monoisotopic (exact) mass is 616 g/mol. The molecule has 0 radical (unpaired) electrons. The maximum absolute atomic E-state index is 13.1. The van der Waals surface area contributed by atoms with Gasteiger partial charge in [-0.1, -0.05) is 64.5 Å². The predicted octanol–water partition coefficient (Wildman–Crippen LogP) is 6.66. The van der Waals surface area contributed by atoms with Gasteiger partial charge in [-0.3, -0.25) is 4.79 Å². The number of para-hydroxylation sites is 2. The number of amides is 1. The summed E-state index contributed by atoms with van der Waals surface area (Å²) in [6.07, 6.45) is 0. The Bertz CT molecular complexity index is 1890. The van der Waals surface area contributed by atoms with Gasteiger partial charge in [0, 0.05) is 21.0 Å². The Balaban J connectivity index is 1.44. The van der Waals surface area contributed by atoms with E-state index in [4.69, 9.17) is 9.88 Å². The van der Waals surface area contributed by atoms with Crippen LogP contribution in [0.25, 0.3) is 21.9 Å².